The minimum absolute atomic E-state index is 0.136. The lowest BCUT2D eigenvalue weighted by Gasteiger charge is -2.22. The smallest absolute Gasteiger partial charge is 0.231 e. The molecule has 0 aliphatic carbocycles. The van der Waals surface area contributed by atoms with Crippen LogP contribution in [0.25, 0.3) is 11.1 Å². The number of fused-ring (bicyclic) bond motifs is 1. The summed E-state index contributed by atoms with van der Waals surface area (Å²) in [6.07, 6.45) is -0.176. The van der Waals surface area contributed by atoms with Gasteiger partial charge in [0, 0.05) is 17.0 Å². The highest BCUT2D eigenvalue weighted by atomic mass is 16.7. The maximum absolute atomic E-state index is 6.16. The van der Waals surface area contributed by atoms with Crippen LogP contribution in [0.2, 0.25) is 0 Å². The van der Waals surface area contributed by atoms with Crippen molar-refractivity contribution in [3.63, 3.8) is 0 Å². The molecule has 3 atom stereocenters. The number of hydrogen-bond acceptors (Lipinski definition) is 7. The molecule has 3 aromatic rings. The SMILES string of the molecule is COc1cc(-c2c([C@H]3O[CH+][C@@H](C)[C@H]3C)cc3c(c2OC)OCO3)cc(OC)c1OCc1ccccc1. The molecule has 0 aromatic heterocycles. The second-order valence-corrected chi connectivity index (χ2v) is 9.00. The molecule has 0 N–H and O–H groups in total. The molecule has 2 aliphatic heterocycles. The van der Waals surface area contributed by atoms with Gasteiger partial charge in [-0.2, -0.15) is 4.74 Å². The van der Waals surface area contributed by atoms with Crippen molar-refractivity contribution in [2.24, 2.45) is 11.8 Å². The Balaban J connectivity index is 1.64. The third-order valence-electron chi connectivity index (χ3n) is 6.88. The van der Waals surface area contributed by atoms with Gasteiger partial charge in [-0.05, 0) is 36.2 Å². The lowest BCUT2D eigenvalue weighted by molar-refractivity contribution is 0.131. The Morgan fingerprint density at radius 1 is 0.889 bits per heavy atom. The van der Waals surface area contributed by atoms with Gasteiger partial charge in [-0.15, -0.1) is 0 Å². The molecule has 36 heavy (non-hydrogen) atoms. The number of benzene rings is 3. The molecule has 1 saturated heterocycles. The van der Waals surface area contributed by atoms with Gasteiger partial charge >= 0.3 is 0 Å². The highest BCUT2D eigenvalue weighted by Gasteiger charge is 2.43. The van der Waals surface area contributed by atoms with Crippen LogP contribution in [-0.2, 0) is 11.3 Å². The lowest BCUT2D eigenvalue weighted by Crippen LogP contribution is -2.10. The molecule has 0 bridgehead atoms. The summed E-state index contributed by atoms with van der Waals surface area (Å²) in [7, 11) is 4.86. The largest absolute Gasteiger partial charge is 0.493 e. The van der Waals surface area contributed by atoms with Crippen molar-refractivity contribution in [3.05, 3.63) is 66.3 Å². The van der Waals surface area contributed by atoms with Gasteiger partial charge in [0.25, 0.3) is 0 Å². The second-order valence-electron chi connectivity index (χ2n) is 9.00. The van der Waals surface area contributed by atoms with Gasteiger partial charge in [0.05, 0.1) is 21.3 Å². The summed E-state index contributed by atoms with van der Waals surface area (Å²) in [5.74, 6) is 3.98. The van der Waals surface area contributed by atoms with Gasteiger partial charge in [0.15, 0.2) is 23.0 Å². The van der Waals surface area contributed by atoms with Gasteiger partial charge in [-0.1, -0.05) is 37.3 Å². The minimum atomic E-state index is -0.176. The van der Waals surface area contributed by atoms with E-state index in [0.717, 1.165) is 22.3 Å². The summed E-state index contributed by atoms with van der Waals surface area (Å²) >= 11 is 0. The predicted octanol–water partition coefficient (Wildman–Crippen LogP) is 6.19. The molecule has 7 nitrogen and oxygen atoms in total. The first-order chi connectivity index (χ1) is 17.5. The van der Waals surface area contributed by atoms with Crippen molar-refractivity contribution < 1.29 is 33.2 Å². The zero-order valence-corrected chi connectivity index (χ0v) is 21.2. The molecule has 188 valence electrons. The monoisotopic (exact) mass is 491 g/mol. The van der Waals surface area contributed by atoms with Crippen molar-refractivity contribution in [1.29, 1.82) is 0 Å². The van der Waals surface area contributed by atoms with Crippen LogP contribution >= 0.6 is 0 Å². The van der Waals surface area contributed by atoms with Crippen molar-refractivity contribution in [2.75, 3.05) is 28.1 Å². The van der Waals surface area contributed by atoms with Crippen LogP contribution in [0.3, 0.4) is 0 Å². The van der Waals surface area contributed by atoms with Crippen LogP contribution in [0, 0.1) is 18.4 Å². The molecule has 0 saturated carbocycles. The van der Waals surface area contributed by atoms with Gasteiger partial charge in [-0.3, -0.25) is 0 Å². The van der Waals surface area contributed by atoms with Crippen LogP contribution in [0.5, 0.6) is 34.5 Å². The number of hydrogen-bond donors (Lipinski definition) is 0. The molecule has 2 heterocycles. The fourth-order valence-electron chi connectivity index (χ4n) is 4.73. The van der Waals surface area contributed by atoms with E-state index in [1.165, 1.54) is 0 Å². The Bertz CT molecular complexity index is 1200. The summed E-state index contributed by atoms with van der Waals surface area (Å²) in [4.78, 5) is 0. The first-order valence-electron chi connectivity index (χ1n) is 12.0. The van der Waals surface area contributed by atoms with Crippen LogP contribution in [0.15, 0.2) is 48.5 Å². The normalized spacial score (nSPS) is 20.1. The summed E-state index contributed by atoms with van der Waals surface area (Å²) < 4.78 is 41.3. The Labute approximate surface area is 211 Å². The molecule has 0 spiro atoms. The van der Waals surface area contributed by atoms with Gasteiger partial charge in [-0.25, -0.2) is 0 Å². The van der Waals surface area contributed by atoms with E-state index in [2.05, 4.69) is 13.8 Å². The summed E-state index contributed by atoms with van der Waals surface area (Å²) in [6.45, 7) is 6.75. The zero-order valence-electron chi connectivity index (χ0n) is 21.2. The van der Waals surface area contributed by atoms with Crippen molar-refractivity contribution >= 4 is 0 Å². The molecule has 2 aliphatic rings. The fourth-order valence-corrected chi connectivity index (χ4v) is 4.73. The average Bonchev–Trinajstić information content (AvgIpc) is 3.52. The summed E-state index contributed by atoms with van der Waals surface area (Å²) in [5, 5.41) is 0. The zero-order chi connectivity index (χ0) is 25.2. The quantitative estimate of drug-likeness (QED) is 0.348. The number of ether oxygens (including phenoxy) is 7. The number of rotatable bonds is 8. The standard InChI is InChI=1S/C29H31O7/c1-17-14-33-26(18(17)2)21-13-24-28(36-16-35-24)29(32-5)25(21)20-11-22(30-3)27(23(12-20)31-4)34-15-19-9-7-6-8-10-19/h6-14,17-18,26H,15-16H2,1-5H3/q+1/t17-,18-,26+/m1/s1. The van der Waals surface area contributed by atoms with E-state index >= 15 is 0 Å². The second kappa shape index (κ2) is 10.1. The van der Waals surface area contributed by atoms with Crippen molar-refractivity contribution in [2.45, 2.75) is 26.6 Å². The Morgan fingerprint density at radius 2 is 1.61 bits per heavy atom. The first-order valence-corrected chi connectivity index (χ1v) is 12.0. The maximum Gasteiger partial charge on any atom is 0.231 e. The molecule has 0 radical (unpaired) electrons. The fraction of sp³-hybridized carbons (Fsp3) is 0.345. The van der Waals surface area contributed by atoms with E-state index in [0.29, 0.717) is 47.0 Å². The Kier molecular flexibility index (Phi) is 6.74. The topological polar surface area (TPSA) is 64.6 Å². The van der Waals surface area contributed by atoms with E-state index in [-0.39, 0.29) is 18.8 Å². The molecular formula is C29H31O7+. The molecule has 7 heteroatoms. The molecule has 5 rings (SSSR count). The average molecular weight is 492 g/mol. The minimum Gasteiger partial charge on any atom is -0.493 e. The molecular weight excluding hydrogens is 460 g/mol. The van der Waals surface area contributed by atoms with Crippen molar-refractivity contribution in [3.8, 4) is 45.6 Å². The molecule has 1 fully saturated rings. The highest BCUT2D eigenvalue weighted by Crippen LogP contribution is 2.55. The third-order valence-corrected chi connectivity index (χ3v) is 6.88. The first kappa shape index (κ1) is 24.0. The van der Waals surface area contributed by atoms with Crippen molar-refractivity contribution in [1.82, 2.24) is 0 Å². The van der Waals surface area contributed by atoms with E-state index in [9.17, 15) is 0 Å². The molecule has 0 unspecified atom stereocenters. The predicted molar refractivity (Wildman–Crippen MR) is 135 cm³/mol. The van der Waals surface area contributed by atoms with E-state index in [4.69, 9.17) is 33.2 Å². The third kappa shape index (κ3) is 4.24. The maximum atomic E-state index is 6.16. The Morgan fingerprint density at radius 3 is 2.22 bits per heavy atom. The van der Waals surface area contributed by atoms with Crippen LogP contribution in [0.4, 0.5) is 0 Å². The van der Waals surface area contributed by atoms with Gasteiger partial charge in [0.1, 0.15) is 18.6 Å². The van der Waals surface area contributed by atoms with Gasteiger partial charge in [0.2, 0.25) is 24.9 Å². The Hall–Kier alpha value is -3.71. The molecule has 3 aromatic carbocycles. The van der Waals surface area contributed by atoms with E-state index in [1.807, 2.05) is 55.1 Å². The van der Waals surface area contributed by atoms with Gasteiger partial charge < -0.3 is 28.4 Å². The summed E-state index contributed by atoms with van der Waals surface area (Å²) in [6, 6.07) is 15.8. The van der Waals surface area contributed by atoms with Crippen LogP contribution in [0.1, 0.15) is 31.1 Å². The van der Waals surface area contributed by atoms with E-state index in [1.54, 1.807) is 21.3 Å². The lowest BCUT2D eigenvalue weighted by atomic mass is 9.85. The summed E-state index contributed by atoms with van der Waals surface area (Å²) in [5.41, 5.74) is 3.66. The van der Waals surface area contributed by atoms with E-state index < -0.39 is 0 Å². The number of methoxy groups -OCH3 is 3. The van der Waals surface area contributed by atoms with Crippen LogP contribution < -0.4 is 28.4 Å². The molecule has 0 amide bonds. The van der Waals surface area contributed by atoms with Crippen LogP contribution in [-0.4, -0.2) is 28.1 Å². The highest BCUT2D eigenvalue weighted by molar-refractivity contribution is 5.83.